The maximum Gasteiger partial charge on any atom is 0.251 e. The van der Waals surface area contributed by atoms with Crippen molar-refractivity contribution in [3.05, 3.63) is 59.9 Å². The van der Waals surface area contributed by atoms with E-state index in [-0.39, 0.29) is 24.1 Å². The molecule has 2 saturated heterocycles. The number of para-hydroxylation sites is 1. The first-order chi connectivity index (χ1) is 13.6. The number of aryl methyl sites for hydroxylation is 1. The Hall–Kier alpha value is -2.73. The van der Waals surface area contributed by atoms with Crippen LogP contribution >= 0.6 is 0 Å². The number of anilines is 2. The number of carbonyl (C=O) groups excluding carboxylic acids is 2. The van der Waals surface area contributed by atoms with E-state index in [4.69, 9.17) is 0 Å². The van der Waals surface area contributed by atoms with Crippen molar-refractivity contribution in [1.29, 1.82) is 0 Å². The van der Waals surface area contributed by atoms with E-state index in [0.717, 1.165) is 6.42 Å². The minimum Gasteiger partial charge on any atom is -0.367 e. The van der Waals surface area contributed by atoms with Crippen LogP contribution in [0.1, 0.15) is 18.9 Å². The van der Waals surface area contributed by atoms with Crippen LogP contribution in [-0.2, 0) is 16.0 Å². The fraction of sp³-hybridized carbons (Fsp3) is 0.364. The van der Waals surface area contributed by atoms with Gasteiger partial charge < -0.3 is 4.90 Å². The molecule has 0 saturated carbocycles. The number of hydrogen-bond acceptors (Lipinski definition) is 4. The first-order valence-electron chi connectivity index (χ1n) is 9.77. The molecule has 2 aliphatic heterocycles. The Morgan fingerprint density at radius 3 is 2.29 bits per heavy atom. The molecule has 2 aromatic carbocycles. The van der Waals surface area contributed by atoms with Gasteiger partial charge in [-0.05, 0) is 36.2 Å². The van der Waals surface area contributed by atoms with Gasteiger partial charge in [0.1, 0.15) is 5.82 Å². The minimum absolute atomic E-state index is 0.157. The predicted octanol–water partition coefficient (Wildman–Crippen LogP) is 2.84. The lowest BCUT2D eigenvalue weighted by atomic mass is 10.1. The molecule has 0 N–H and O–H groups in total. The molecule has 28 heavy (non-hydrogen) atoms. The second-order valence-corrected chi connectivity index (χ2v) is 7.28. The highest BCUT2D eigenvalue weighted by atomic mass is 19.1. The lowest BCUT2D eigenvalue weighted by molar-refractivity contribution is -0.123. The van der Waals surface area contributed by atoms with E-state index >= 15 is 0 Å². The van der Waals surface area contributed by atoms with Crippen LogP contribution in [0.3, 0.4) is 0 Å². The number of amides is 2. The van der Waals surface area contributed by atoms with E-state index in [1.165, 1.54) is 16.5 Å². The molecule has 0 radical (unpaired) electrons. The molecule has 2 aliphatic rings. The summed E-state index contributed by atoms with van der Waals surface area (Å²) < 4.78 is 14.0. The summed E-state index contributed by atoms with van der Waals surface area (Å²) in [6, 6.07) is 13.9. The van der Waals surface area contributed by atoms with Crippen molar-refractivity contribution >= 4 is 23.2 Å². The van der Waals surface area contributed by atoms with E-state index in [1.807, 2.05) is 35.2 Å². The number of piperazine rings is 1. The molecule has 146 valence electrons. The summed E-state index contributed by atoms with van der Waals surface area (Å²) in [5.74, 6) is -0.547. The number of carbonyl (C=O) groups is 2. The van der Waals surface area contributed by atoms with Gasteiger partial charge in [0.25, 0.3) is 5.91 Å². The minimum atomic E-state index is -0.430. The number of halogens is 1. The molecule has 0 aromatic heterocycles. The topological polar surface area (TPSA) is 43.9 Å². The fourth-order valence-corrected chi connectivity index (χ4v) is 4.04. The second-order valence-electron chi connectivity index (χ2n) is 7.28. The quantitative estimate of drug-likeness (QED) is 0.764. The zero-order valence-corrected chi connectivity index (χ0v) is 16.0. The summed E-state index contributed by atoms with van der Waals surface area (Å²) in [5, 5.41) is 0. The molecule has 0 unspecified atom stereocenters. The third-order valence-corrected chi connectivity index (χ3v) is 5.67. The van der Waals surface area contributed by atoms with Gasteiger partial charge >= 0.3 is 0 Å². The molecule has 2 aromatic rings. The highest BCUT2D eigenvalue weighted by molar-refractivity contribution is 6.22. The largest absolute Gasteiger partial charge is 0.367 e. The van der Waals surface area contributed by atoms with Crippen molar-refractivity contribution in [2.24, 2.45) is 0 Å². The fourth-order valence-electron chi connectivity index (χ4n) is 4.04. The highest BCUT2D eigenvalue weighted by Crippen LogP contribution is 2.28. The molecule has 6 heteroatoms. The Labute approximate surface area is 164 Å². The van der Waals surface area contributed by atoms with Crippen LogP contribution in [0.15, 0.2) is 48.5 Å². The summed E-state index contributed by atoms with van der Waals surface area (Å²) in [7, 11) is 0. The Morgan fingerprint density at radius 1 is 0.964 bits per heavy atom. The highest BCUT2D eigenvalue weighted by Gasteiger charge is 2.43. The molecule has 0 aliphatic carbocycles. The predicted molar refractivity (Wildman–Crippen MR) is 107 cm³/mol. The normalized spacial score (nSPS) is 20.9. The van der Waals surface area contributed by atoms with E-state index < -0.39 is 6.04 Å². The molecule has 2 heterocycles. The number of rotatable bonds is 4. The summed E-state index contributed by atoms with van der Waals surface area (Å²) in [5.41, 5.74) is 2.40. The summed E-state index contributed by atoms with van der Waals surface area (Å²) in [4.78, 5) is 30.9. The van der Waals surface area contributed by atoms with Crippen molar-refractivity contribution < 1.29 is 14.0 Å². The van der Waals surface area contributed by atoms with Crippen LogP contribution in [-0.4, -0.2) is 48.9 Å². The van der Waals surface area contributed by atoms with Crippen LogP contribution in [0.4, 0.5) is 15.8 Å². The standard InChI is InChI=1S/C22H24FN3O2/c1-2-16-7-9-17(10-8-16)26-21(27)15-20(22(26)28)25-13-11-24(12-14-25)19-6-4-3-5-18(19)23/h3-10,20H,2,11-15H2,1H3/t20-/m1/s1. The summed E-state index contributed by atoms with van der Waals surface area (Å²) in [6.45, 7) is 4.58. The van der Waals surface area contributed by atoms with Crippen molar-refractivity contribution in [3.63, 3.8) is 0 Å². The lowest BCUT2D eigenvalue weighted by Crippen LogP contribution is -2.52. The molecule has 2 amide bonds. The van der Waals surface area contributed by atoms with Crippen molar-refractivity contribution in [2.75, 3.05) is 36.0 Å². The van der Waals surface area contributed by atoms with E-state index in [0.29, 0.717) is 37.6 Å². The molecule has 2 fully saturated rings. The first-order valence-corrected chi connectivity index (χ1v) is 9.77. The SMILES string of the molecule is CCc1ccc(N2C(=O)C[C@@H](N3CCN(c4ccccc4F)CC3)C2=O)cc1. The molecule has 0 spiro atoms. The maximum atomic E-state index is 14.0. The number of hydrogen-bond donors (Lipinski definition) is 0. The molecular weight excluding hydrogens is 357 g/mol. The van der Waals surface area contributed by atoms with Gasteiger partial charge in [0.05, 0.1) is 23.8 Å². The van der Waals surface area contributed by atoms with Crippen LogP contribution in [0.5, 0.6) is 0 Å². The monoisotopic (exact) mass is 381 g/mol. The Balaban J connectivity index is 1.44. The Kier molecular flexibility index (Phi) is 5.13. The number of benzene rings is 2. The van der Waals surface area contributed by atoms with E-state index in [2.05, 4.69) is 11.8 Å². The van der Waals surface area contributed by atoms with Crippen molar-refractivity contribution in [1.82, 2.24) is 4.90 Å². The van der Waals surface area contributed by atoms with Crippen molar-refractivity contribution in [3.8, 4) is 0 Å². The Bertz CT molecular complexity index is 876. The first kappa shape index (κ1) is 18.6. The zero-order valence-electron chi connectivity index (χ0n) is 16.0. The third-order valence-electron chi connectivity index (χ3n) is 5.67. The van der Waals surface area contributed by atoms with Gasteiger partial charge in [-0.15, -0.1) is 0 Å². The van der Waals surface area contributed by atoms with Gasteiger partial charge in [-0.25, -0.2) is 9.29 Å². The molecular formula is C22H24FN3O2. The van der Waals surface area contributed by atoms with Gasteiger partial charge in [0, 0.05) is 26.2 Å². The molecule has 0 bridgehead atoms. The number of imide groups is 1. The Morgan fingerprint density at radius 2 is 1.64 bits per heavy atom. The summed E-state index contributed by atoms with van der Waals surface area (Å²) in [6.07, 6.45) is 1.12. The van der Waals surface area contributed by atoms with Gasteiger partial charge in [-0.1, -0.05) is 31.2 Å². The van der Waals surface area contributed by atoms with Gasteiger partial charge in [0.2, 0.25) is 5.91 Å². The van der Waals surface area contributed by atoms with Crippen LogP contribution < -0.4 is 9.80 Å². The average molecular weight is 381 g/mol. The van der Waals surface area contributed by atoms with Crippen LogP contribution in [0.25, 0.3) is 0 Å². The van der Waals surface area contributed by atoms with Gasteiger partial charge in [-0.3, -0.25) is 14.5 Å². The van der Waals surface area contributed by atoms with Gasteiger partial charge in [-0.2, -0.15) is 0 Å². The molecule has 4 rings (SSSR count). The average Bonchev–Trinajstić information content (AvgIpc) is 3.03. The zero-order chi connectivity index (χ0) is 19.7. The van der Waals surface area contributed by atoms with Crippen LogP contribution in [0, 0.1) is 5.82 Å². The lowest BCUT2D eigenvalue weighted by Gasteiger charge is -2.38. The van der Waals surface area contributed by atoms with E-state index in [9.17, 15) is 14.0 Å². The number of nitrogens with zero attached hydrogens (tertiary/aromatic N) is 3. The van der Waals surface area contributed by atoms with Crippen LogP contribution in [0.2, 0.25) is 0 Å². The van der Waals surface area contributed by atoms with Crippen molar-refractivity contribution in [2.45, 2.75) is 25.8 Å². The second kappa shape index (κ2) is 7.72. The smallest absolute Gasteiger partial charge is 0.251 e. The maximum absolute atomic E-state index is 14.0. The van der Waals surface area contributed by atoms with Gasteiger partial charge in [0.15, 0.2) is 0 Å². The summed E-state index contributed by atoms with van der Waals surface area (Å²) >= 11 is 0. The van der Waals surface area contributed by atoms with E-state index in [1.54, 1.807) is 12.1 Å². The third kappa shape index (κ3) is 3.40. The molecule has 5 nitrogen and oxygen atoms in total. The molecule has 1 atom stereocenters.